The Balaban J connectivity index is 1.37. The highest BCUT2D eigenvalue weighted by molar-refractivity contribution is 5.18. The second-order valence-corrected chi connectivity index (χ2v) is 13.3. The number of aliphatic hydroxyl groups excluding tert-OH is 6. The van der Waals surface area contributed by atoms with Crippen molar-refractivity contribution in [1.29, 1.82) is 0 Å². The van der Waals surface area contributed by atoms with E-state index in [0.717, 1.165) is 37.7 Å². The topological polar surface area (TPSA) is 168 Å². The predicted octanol–water partition coefficient (Wildman–Crippen LogP) is 1.03. The molecule has 4 aliphatic rings. The van der Waals surface area contributed by atoms with E-state index < -0.39 is 49.2 Å². The molecule has 2 saturated carbocycles. The van der Waals surface area contributed by atoms with Crippen LogP contribution in [0.3, 0.4) is 0 Å². The molecule has 11 nitrogen and oxygen atoms in total. The second kappa shape index (κ2) is 14.0. The molecule has 12 atom stereocenters. The Kier molecular flexibility index (Phi) is 11.3. The maximum Gasteiger partial charge on any atom is 0.186 e. The Morgan fingerprint density at radius 3 is 2.38 bits per heavy atom. The average Bonchev–Trinajstić information content (AvgIpc) is 3.23. The normalized spacial score (nSPS) is 44.3. The fourth-order valence-corrected chi connectivity index (χ4v) is 8.03. The lowest BCUT2D eigenvalue weighted by molar-refractivity contribution is -0.270. The number of rotatable bonds is 11. The van der Waals surface area contributed by atoms with Crippen LogP contribution in [0.15, 0.2) is 23.8 Å². The second-order valence-electron chi connectivity index (χ2n) is 13.3. The summed E-state index contributed by atoms with van der Waals surface area (Å²) in [6.07, 6.45) is -1.53. The van der Waals surface area contributed by atoms with Gasteiger partial charge in [0.2, 0.25) is 0 Å². The number of methoxy groups -OCH3 is 1. The molecule has 0 bridgehead atoms. The molecule has 0 amide bonds. The van der Waals surface area contributed by atoms with Gasteiger partial charge in [0, 0.05) is 7.11 Å². The summed E-state index contributed by atoms with van der Waals surface area (Å²) in [5.74, 6) is 0.555. The molecular formula is C31H52O11. The van der Waals surface area contributed by atoms with Crippen LogP contribution in [0.5, 0.6) is 0 Å². The van der Waals surface area contributed by atoms with E-state index in [9.17, 15) is 30.6 Å². The summed E-state index contributed by atoms with van der Waals surface area (Å²) >= 11 is 0. The van der Waals surface area contributed by atoms with E-state index in [2.05, 4.69) is 27.4 Å². The first-order chi connectivity index (χ1) is 19.9. The molecule has 11 heteroatoms. The summed E-state index contributed by atoms with van der Waals surface area (Å²) in [4.78, 5) is 0. The van der Waals surface area contributed by atoms with Gasteiger partial charge in [-0.2, -0.15) is 0 Å². The lowest BCUT2D eigenvalue weighted by Gasteiger charge is -2.60. The average molecular weight is 601 g/mol. The Bertz CT molecular complexity index is 940. The Morgan fingerprint density at radius 1 is 1.02 bits per heavy atom. The number of hydrogen-bond donors (Lipinski definition) is 6. The minimum Gasteiger partial charge on any atom is -0.394 e. The van der Waals surface area contributed by atoms with Crippen molar-refractivity contribution >= 4 is 0 Å². The predicted molar refractivity (Wildman–Crippen MR) is 152 cm³/mol. The minimum atomic E-state index is -1.23. The molecule has 2 aliphatic heterocycles. The van der Waals surface area contributed by atoms with E-state index in [-0.39, 0.29) is 49.3 Å². The molecule has 4 fully saturated rings. The SMILES string of the molecule is C=C1CCC2C(C)(C)C(OC3OC(CO)C(O)C3O)CCC2(C)C1CC/C(=C/COC1OCC(OC)C(O)C1O)CO. The van der Waals surface area contributed by atoms with Gasteiger partial charge in [-0.05, 0) is 66.8 Å². The first-order valence-electron chi connectivity index (χ1n) is 15.3. The van der Waals surface area contributed by atoms with Gasteiger partial charge in [-0.25, -0.2) is 0 Å². The van der Waals surface area contributed by atoms with E-state index >= 15 is 0 Å². The summed E-state index contributed by atoms with van der Waals surface area (Å²) < 4.78 is 28.2. The number of allylic oxidation sites excluding steroid dienone is 1. The van der Waals surface area contributed by atoms with Crippen molar-refractivity contribution in [2.75, 3.05) is 33.5 Å². The van der Waals surface area contributed by atoms with Crippen molar-refractivity contribution < 1.29 is 54.3 Å². The van der Waals surface area contributed by atoms with Crippen LogP contribution < -0.4 is 0 Å². The molecule has 12 unspecified atom stereocenters. The summed E-state index contributed by atoms with van der Waals surface area (Å²) in [5.41, 5.74) is 1.77. The van der Waals surface area contributed by atoms with Crippen molar-refractivity contribution in [3.05, 3.63) is 23.8 Å². The quantitative estimate of drug-likeness (QED) is 0.188. The van der Waals surface area contributed by atoms with Crippen LogP contribution in [0, 0.1) is 22.7 Å². The van der Waals surface area contributed by atoms with Crippen LogP contribution in [-0.2, 0) is 23.7 Å². The molecule has 2 aliphatic carbocycles. The number of fused-ring (bicyclic) bond motifs is 1. The standard InChI is InChI=1S/C31H52O11/c1-17-6-9-22-30(2,3)23(42-29-27(37)24(34)20(15-33)41-29)10-12-31(22,4)19(17)8-7-18(14-32)11-13-39-28-26(36)25(35)21(38-5)16-40-28/h11,19-29,32-37H,1,6-10,12-16H2,2-5H3/b18-11-. The van der Waals surface area contributed by atoms with E-state index in [0.29, 0.717) is 12.3 Å². The number of ether oxygens (including phenoxy) is 5. The van der Waals surface area contributed by atoms with Crippen molar-refractivity contribution in [2.45, 2.75) is 115 Å². The van der Waals surface area contributed by atoms with Crippen molar-refractivity contribution in [3.8, 4) is 0 Å². The van der Waals surface area contributed by atoms with Crippen LogP contribution in [0.2, 0.25) is 0 Å². The van der Waals surface area contributed by atoms with E-state index in [1.807, 2.05) is 6.08 Å². The molecule has 2 saturated heterocycles. The van der Waals surface area contributed by atoms with E-state index in [4.69, 9.17) is 23.7 Å². The van der Waals surface area contributed by atoms with Gasteiger partial charge in [0.15, 0.2) is 12.6 Å². The third kappa shape index (κ3) is 6.67. The Morgan fingerprint density at radius 2 is 1.74 bits per heavy atom. The first kappa shape index (κ1) is 33.9. The van der Waals surface area contributed by atoms with Crippen LogP contribution >= 0.6 is 0 Å². The van der Waals surface area contributed by atoms with Crippen molar-refractivity contribution in [2.24, 2.45) is 22.7 Å². The van der Waals surface area contributed by atoms with Gasteiger partial charge in [-0.3, -0.25) is 0 Å². The number of hydrogen-bond acceptors (Lipinski definition) is 11. The van der Waals surface area contributed by atoms with Crippen LogP contribution in [0.25, 0.3) is 0 Å². The molecule has 4 rings (SSSR count). The molecule has 2 heterocycles. The van der Waals surface area contributed by atoms with Gasteiger partial charge in [-0.15, -0.1) is 0 Å². The minimum absolute atomic E-state index is 0.0356. The summed E-state index contributed by atoms with van der Waals surface area (Å²) in [7, 11) is 1.45. The highest BCUT2D eigenvalue weighted by atomic mass is 16.7. The summed E-state index contributed by atoms with van der Waals surface area (Å²) in [5, 5.41) is 60.6. The number of aliphatic hydroxyl groups is 6. The lowest BCUT2D eigenvalue weighted by atomic mass is 9.46. The van der Waals surface area contributed by atoms with Gasteiger partial charge < -0.3 is 54.3 Å². The maximum absolute atomic E-state index is 10.5. The molecule has 0 aromatic carbocycles. The highest BCUT2D eigenvalue weighted by Crippen LogP contribution is 2.62. The van der Waals surface area contributed by atoms with Crippen molar-refractivity contribution in [1.82, 2.24) is 0 Å². The zero-order valence-corrected chi connectivity index (χ0v) is 25.4. The molecule has 0 spiro atoms. The highest BCUT2D eigenvalue weighted by Gasteiger charge is 2.57. The third-order valence-electron chi connectivity index (χ3n) is 10.6. The zero-order valence-electron chi connectivity index (χ0n) is 25.4. The summed E-state index contributed by atoms with van der Waals surface area (Å²) in [6.45, 7) is 10.9. The fourth-order valence-electron chi connectivity index (χ4n) is 8.03. The summed E-state index contributed by atoms with van der Waals surface area (Å²) in [6, 6.07) is 0. The molecular weight excluding hydrogens is 548 g/mol. The lowest BCUT2D eigenvalue weighted by Crippen LogP contribution is -2.56. The van der Waals surface area contributed by atoms with Crippen LogP contribution in [0.1, 0.15) is 59.3 Å². The van der Waals surface area contributed by atoms with Gasteiger partial charge in [0.1, 0.15) is 36.6 Å². The molecule has 0 aromatic rings. The van der Waals surface area contributed by atoms with Gasteiger partial charge in [0.25, 0.3) is 0 Å². The largest absolute Gasteiger partial charge is 0.394 e. The molecule has 6 N–H and O–H groups in total. The van der Waals surface area contributed by atoms with Crippen LogP contribution in [-0.4, -0.2) is 119 Å². The Labute approximate surface area is 249 Å². The first-order valence-corrected chi connectivity index (χ1v) is 15.3. The molecule has 42 heavy (non-hydrogen) atoms. The van der Waals surface area contributed by atoms with Gasteiger partial charge in [-0.1, -0.05) is 39.0 Å². The van der Waals surface area contributed by atoms with Crippen molar-refractivity contribution in [3.63, 3.8) is 0 Å². The van der Waals surface area contributed by atoms with E-state index in [1.165, 1.54) is 12.7 Å². The molecule has 0 radical (unpaired) electrons. The van der Waals surface area contributed by atoms with Gasteiger partial charge in [0.05, 0.1) is 32.5 Å². The molecule has 242 valence electrons. The van der Waals surface area contributed by atoms with E-state index in [1.54, 1.807) is 0 Å². The zero-order chi connectivity index (χ0) is 30.8. The smallest absolute Gasteiger partial charge is 0.186 e. The monoisotopic (exact) mass is 600 g/mol. The third-order valence-corrected chi connectivity index (χ3v) is 10.6. The molecule has 0 aromatic heterocycles. The van der Waals surface area contributed by atoms with Crippen LogP contribution in [0.4, 0.5) is 0 Å². The fraction of sp³-hybridized carbons (Fsp3) is 0.871. The maximum atomic E-state index is 10.5. The Hall–Kier alpha value is -0.960. The van der Waals surface area contributed by atoms with Gasteiger partial charge >= 0.3 is 0 Å².